The molecule has 0 saturated carbocycles. The summed E-state index contributed by atoms with van der Waals surface area (Å²) in [5, 5.41) is 9.88. The first kappa shape index (κ1) is 15.1. The van der Waals surface area contributed by atoms with Crippen LogP contribution >= 0.6 is 23.2 Å². The Kier molecular flexibility index (Phi) is 4.55. The van der Waals surface area contributed by atoms with Gasteiger partial charge in [0, 0.05) is 18.1 Å². The van der Waals surface area contributed by atoms with Crippen molar-refractivity contribution in [1.82, 2.24) is 4.90 Å². The first-order valence-corrected chi connectivity index (χ1v) is 7.13. The Morgan fingerprint density at radius 1 is 1.35 bits per heavy atom. The van der Waals surface area contributed by atoms with Crippen molar-refractivity contribution in [2.24, 2.45) is 11.8 Å². The SMILES string of the molecule is CC1CN(C(=O)c2ccc(Cl)cc2Cl)CCC1C(=O)O. The molecule has 20 heavy (non-hydrogen) atoms. The molecular formula is C14H15Cl2NO3. The van der Waals surface area contributed by atoms with E-state index in [-0.39, 0.29) is 17.7 Å². The monoisotopic (exact) mass is 315 g/mol. The smallest absolute Gasteiger partial charge is 0.306 e. The zero-order valence-corrected chi connectivity index (χ0v) is 12.5. The number of carbonyl (C=O) groups is 2. The molecule has 0 bridgehead atoms. The lowest BCUT2D eigenvalue weighted by Crippen LogP contribution is -2.45. The van der Waals surface area contributed by atoms with Crippen molar-refractivity contribution in [2.75, 3.05) is 13.1 Å². The summed E-state index contributed by atoms with van der Waals surface area (Å²) in [5.74, 6) is -1.44. The number of nitrogens with zero attached hydrogens (tertiary/aromatic N) is 1. The van der Waals surface area contributed by atoms with Crippen molar-refractivity contribution in [2.45, 2.75) is 13.3 Å². The topological polar surface area (TPSA) is 57.6 Å². The zero-order valence-electron chi connectivity index (χ0n) is 11.0. The van der Waals surface area contributed by atoms with Gasteiger partial charge >= 0.3 is 5.97 Å². The summed E-state index contributed by atoms with van der Waals surface area (Å²) in [4.78, 5) is 25.1. The van der Waals surface area contributed by atoms with Crippen molar-refractivity contribution in [3.8, 4) is 0 Å². The molecule has 1 saturated heterocycles. The van der Waals surface area contributed by atoms with Crippen molar-refractivity contribution in [3.63, 3.8) is 0 Å². The summed E-state index contributed by atoms with van der Waals surface area (Å²) in [6, 6.07) is 4.75. The Morgan fingerprint density at radius 2 is 2.05 bits per heavy atom. The highest BCUT2D eigenvalue weighted by molar-refractivity contribution is 6.36. The predicted molar refractivity (Wildman–Crippen MR) is 77.3 cm³/mol. The van der Waals surface area contributed by atoms with Crippen LogP contribution < -0.4 is 0 Å². The third-order valence-corrected chi connectivity index (χ3v) is 4.22. The van der Waals surface area contributed by atoms with E-state index in [1.54, 1.807) is 17.0 Å². The molecule has 1 fully saturated rings. The van der Waals surface area contributed by atoms with Gasteiger partial charge in [0.25, 0.3) is 5.91 Å². The molecular weight excluding hydrogens is 301 g/mol. The Balaban J connectivity index is 2.13. The van der Waals surface area contributed by atoms with Gasteiger partial charge in [0.2, 0.25) is 0 Å². The van der Waals surface area contributed by atoms with Gasteiger partial charge < -0.3 is 10.0 Å². The van der Waals surface area contributed by atoms with Crippen LogP contribution in [0.25, 0.3) is 0 Å². The molecule has 2 unspecified atom stereocenters. The van der Waals surface area contributed by atoms with Gasteiger partial charge in [0.1, 0.15) is 0 Å². The maximum Gasteiger partial charge on any atom is 0.306 e. The van der Waals surface area contributed by atoms with Crippen LogP contribution in [0.3, 0.4) is 0 Å². The van der Waals surface area contributed by atoms with Crippen LogP contribution in [-0.2, 0) is 4.79 Å². The summed E-state index contributed by atoms with van der Waals surface area (Å²) in [6.45, 7) is 2.70. The van der Waals surface area contributed by atoms with Gasteiger partial charge in [-0.15, -0.1) is 0 Å². The summed E-state index contributed by atoms with van der Waals surface area (Å²) in [7, 11) is 0. The van der Waals surface area contributed by atoms with Gasteiger partial charge in [-0.1, -0.05) is 30.1 Å². The zero-order chi connectivity index (χ0) is 14.9. The lowest BCUT2D eigenvalue weighted by Gasteiger charge is -2.35. The predicted octanol–water partition coefficient (Wildman–Crippen LogP) is 3.18. The number of carboxylic acid groups (broad SMARTS) is 1. The molecule has 0 aliphatic carbocycles. The van der Waals surface area contributed by atoms with E-state index in [1.165, 1.54) is 6.07 Å². The maximum atomic E-state index is 12.4. The van der Waals surface area contributed by atoms with E-state index in [1.807, 2.05) is 6.92 Å². The number of amides is 1. The van der Waals surface area contributed by atoms with Gasteiger partial charge in [0.05, 0.1) is 16.5 Å². The lowest BCUT2D eigenvalue weighted by molar-refractivity contribution is -0.145. The number of halogens is 2. The number of benzene rings is 1. The fourth-order valence-corrected chi connectivity index (χ4v) is 3.02. The second kappa shape index (κ2) is 6.02. The molecule has 1 aliphatic rings. The molecule has 4 nitrogen and oxygen atoms in total. The molecule has 2 rings (SSSR count). The van der Waals surface area contributed by atoms with E-state index >= 15 is 0 Å². The van der Waals surface area contributed by atoms with Crippen LogP contribution in [-0.4, -0.2) is 35.0 Å². The van der Waals surface area contributed by atoms with Gasteiger partial charge in [-0.05, 0) is 30.5 Å². The van der Waals surface area contributed by atoms with Gasteiger partial charge in [-0.25, -0.2) is 0 Å². The maximum absolute atomic E-state index is 12.4. The van der Waals surface area contributed by atoms with E-state index in [0.29, 0.717) is 35.1 Å². The summed E-state index contributed by atoms with van der Waals surface area (Å²) in [5.41, 5.74) is 0.400. The highest BCUT2D eigenvalue weighted by Gasteiger charge is 2.33. The van der Waals surface area contributed by atoms with Gasteiger partial charge in [-0.2, -0.15) is 0 Å². The van der Waals surface area contributed by atoms with Crippen molar-refractivity contribution >= 4 is 35.1 Å². The average Bonchev–Trinajstić information content (AvgIpc) is 2.37. The minimum Gasteiger partial charge on any atom is -0.481 e. The Labute approximate surface area is 127 Å². The number of aliphatic carboxylic acids is 1. The van der Waals surface area contributed by atoms with E-state index < -0.39 is 5.97 Å². The van der Waals surface area contributed by atoms with E-state index in [0.717, 1.165) is 0 Å². The molecule has 1 amide bonds. The number of carbonyl (C=O) groups excluding carboxylic acids is 1. The highest BCUT2D eigenvalue weighted by Crippen LogP contribution is 2.27. The molecule has 108 valence electrons. The fourth-order valence-electron chi connectivity index (χ4n) is 2.53. The number of hydrogen-bond donors (Lipinski definition) is 1. The van der Waals surface area contributed by atoms with Crippen molar-refractivity contribution in [3.05, 3.63) is 33.8 Å². The average molecular weight is 316 g/mol. The second-order valence-corrected chi connectivity index (χ2v) is 5.93. The molecule has 1 N–H and O–H groups in total. The molecule has 1 aromatic rings. The van der Waals surface area contributed by atoms with Crippen LogP contribution in [0.2, 0.25) is 10.0 Å². The molecule has 0 aromatic heterocycles. The fraction of sp³-hybridized carbons (Fsp3) is 0.429. The second-order valence-electron chi connectivity index (χ2n) is 5.09. The molecule has 0 radical (unpaired) electrons. The largest absolute Gasteiger partial charge is 0.481 e. The lowest BCUT2D eigenvalue weighted by atomic mass is 9.87. The standard InChI is InChI=1S/C14H15Cl2NO3/c1-8-7-17(5-4-10(8)14(19)20)13(18)11-3-2-9(15)6-12(11)16/h2-3,6,8,10H,4-5,7H2,1H3,(H,19,20). The Morgan fingerprint density at radius 3 is 2.60 bits per heavy atom. The summed E-state index contributed by atoms with van der Waals surface area (Å²) in [6.07, 6.45) is 0.466. The molecule has 0 spiro atoms. The number of rotatable bonds is 2. The molecule has 1 aliphatic heterocycles. The van der Waals surface area contributed by atoms with Crippen molar-refractivity contribution in [1.29, 1.82) is 0 Å². The molecule has 6 heteroatoms. The van der Waals surface area contributed by atoms with Gasteiger partial charge in [0.15, 0.2) is 0 Å². The van der Waals surface area contributed by atoms with E-state index in [4.69, 9.17) is 28.3 Å². The van der Waals surface area contributed by atoms with Crippen LogP contribution in [0.5, 0.6) is 0 Å². The summed E-state index contributed by atoms with van der Waals surface area (Å²) < 4.78 is 0. The number of hydrogen-bond acceptors (Lipinski definition) is 2. The minimum absolute atomic E-state index is 0.0729. The first-order valence-electron chi connectivity index (χ1n) is 6.37. The molecule has 1 aromatic carbocycles. The third kappa shape index (κ3) is 3.07. The van der Waals surface area contributed by atoms with E-state index in [2.05, 4.69) is 0 Å². The van der Waals surface area contributed by atoms with Crippen LogP contribution in [0, 0.1) is 11.8 Å². The molecule has 1 heterocycles. The van der Waals surface area contributed by atoms with E-state index in [9.17, 15) is 9.59 Å². The number of piperidine rings is 1. The van der Waals surface area contributed by atoms with Gasteiger partial charge in [-0.3, -0.25) is 9.59 Å². The van der Waals surface area contributed by atoms with Crippen molar-refractivity contribution < 1.29 is 14.7 Å². The normalized spacial score (nSPS) is 22.6. The third-order valence-electron chi connectivity index (χ3n) is 3.67. The first-order chi connectivity index (χ1) is 9.40. The number of likely N-dealkylation sites (tertiary alicyclic amines) is 1. The van der Waals surface area contributed by atoms with Crippen LogP contribution in [0.4, 0.5) is 0 Å². The Bertz CT molecular complexity index is 547. The highest BCUT2D eigenvalue weighted by atomic mass is 35.5. The van der Waals surface area contributed by atoms with Crippen LogP contribution in [0.15, 0.2) is 18.2 Å². The quantitative estimate of drug-likeness (QED) is 0.912. The van der Waals surface area contributed by atoms with Crippen LogP contribution in [0.1, 0.15) is 23.7 Å². The minimum atomic E-state index is -0.797. The Hall–Kier alpha value is -1.26. The summed E-state index contributed by atoms with van der Waals surface area (Å²) >= 11 is 11.8. The molecule has 2 atom stereocenters. The number of carboxylic acids is 1.